The maximum Gasteiger partial charge on any atom is 0.0214 e. The summed E-state index contributed by atoms with van der Waals surface area (Å²) < 4.78 is 0. The quantitative estimate of drug-likeness (QED) is 0.476. The monoisotopic (exact) mass is 209 g/mol. The van der Waals surface area contributed by atoms with E-state index in [4.69, 9.17) is 0 Å². The number of rotatable bonds is 8. The second kappa shape index (κ2) is 8.80. The Hall–Kier alpha value is -0.480. The van der Waals surface area contributed by atoms with Gasteiger partial charge in [-0.25, -0.2) is 0 Å². The summed E-state index contributed by atoms with van der Waals surface area (Å²) in [6, 6.07) is 0. The topological polar surface area (TPSA) is 12.0 Å². The normalized spacial score (nSPS) is 10.9. The van der Waals surface area contributed by atoms with Gasteiger partial charge in [-0.15, -0.1) is 11.8 Å². The molecule has 0 saturated heterocycles. The molecule has 0 fully saturated rings. The van der Waals surface area contributed by atoms with Crippen molar-refractivity contribution < 1.29 is 0 Å². The maximum absolute atomic E-state index is 3.48. The zero-order valence-electron chi connectivity index (χ0n) is 10.9. The summed E-state index contributed by atoms with van der Waals surface area (Å²) in [6.07, 6.45) is 6.34. The number of hydrogen-bond acceptors (Lipinski definition) is 1. The average Bonchev–Trinajstić information content (AvgIpc) is 2.17. The van der Waals surface area contributed by atoms with Crippen LogP contribution in [0.3, 0.4) is 0 Å². The molecule has 0 spiro atoms. The van der Waals surface area contributed by atoms with Crippen LogP contribution in [-0.2, 0) is 0 Å². The molecule has 0 aliphatic rings. The van der Waals surface area contributed by atoms with Crippen LogP contribution in [0.1, 0.15) is 59.8 Å². The third-order valence-electron chi connectivity index (χ3n) is 2.66. The van der Waals surface area contributed by atoms with Crippen LogP contribution in [0.2, 0.25) is 0 Å². The molecule has 0 aliphatic carbocycles. The first-order valence-electron chi connectivity index (χ1n) is 6.22. The van der Waals surface area contributed by atoms with Crippen LogP contribution in [0.15, 0.2) is 0 Å². The highest BCUT2D eigenvalue weighted by atomic mass is 14.9. The fraction of sp³-hybridized carbons (Fsp3) is 0.857. The summed E-state index contributed by atoms with van der Waals surface area (Å²) in [6.45, 7) is 11.0. The first-order valence-corrected chi connectivity index (χ1v) is 6.22. The van der Waals surface area contributed by atoms with Crippen molar-refractivity contribution in [1.82, 2.24) is 5.32 Å². The van der Waals surface area contributed by atoms with E-state index in [1.807, 2.05) is 6.92 Å². The number of hydrogen-bond donors (Lipinski definition) is 1. The fourth-order valence-electron chi connectivity index (χ4n) is 1.64. The van der Waals surface area contributed by atoms with Gasteiger partial charge in [-0.1, -0.05) is 40.0 Å². The molecule has 0 aliphatic heterocycles. The molecule has 1 heteroatoms. The molecule has 15 heavy (non-hydrogen) atoms. The van der Waals surface area contributed by atoms with Gasteiger partial charge in [-0.05, 0) is 18.8 Å². The van der Waals surface area contributed by atoms with E-state index in [0.29, 0.717) is 5.41 Å². The van der Waals surface area contributed by atoms with Crippen molar-refractivity contribution in [2.45, 2.75) is 59.8 Å². The lowest BCUT2D eigenvalue weighted by Crippen LogP contribution is -2.29. The lowest BCUT2D eigenvalue weighted by atomic mass is 9.87. The molecule has 88 valence electrons. The third kappa shape index (κ3) is 9.82. The Morgan fingerprint density at radius 1 is 1.20 bits per heavy atom. The van der Waals surface area contributed by atoms with Gasteiger partial charge in [-0.3, -0.25) is 0 Å². The van der Waals surface area contributed by atoms with Crippen LogP contribution in [0.4, 0.5) is 0 Å². The molecule has 0 heterocycles. The van der Waals surface area contributed by atoms with Gasteiger partial charge in [-0.2, -0.15) is 0 Å². The van der Waals surface area contributed by atoms with Crippen LogP contribution in [-0.4, -0.2) is 13.1 Å². The molecule has 0 rings (SSSR count). The standard InChI is InChI=1S/C14H27N/c1-5-7-9-11-14(3,4)13-15-12-10-8-6-2/h15H,5,7,9-13H2,1-4H3. The molecule has 0 aromatic rings. The second-order valence-electron chi connectivity index (χ2n) is 4.97. The molecule has 0 bridgehead atoms. The molecule has 0 aromatic heterocycles. The second-order valence-corrected chi connectivity index (χ2v) is 4.97. The molecule has 0 unspecified atom stereocenters. The van der Waals surface area contributed by atoms with Crippen molar-refractivity contribution in [3.63, 3.8) is 0 Å². The highest BCUT2D eigenvalue weighted by molar-refractivity contribution is 4.95. The Kier molecular flexibility index (Phi) is 8.52. The zero-order chi connectivity index (χ0) is 11.6. The summed E-state index contributed by atoms with van der Waals surface area (Å²) in [5.74, 6) is 5.99. The minimum atomic E-state index is 0.439. The van der Waals surface area contributed by atoms with Gasteiger partial charge in [0.05, 0.1) is 0 Å². The molecule has 0 radical (unpaired) electrons. The van der Waals surface area contributed by atoms with Gasteiger partial charge >= 0.3 is 0 Å². The van der Waals surface area contributed by atoms with E-state index in [2.05, 4.69) is 37.9 Å². The first kappa shape index (κ1) is 14.5. The smallest absolute Gasteiger partial charge is 0.0214 e. The van der Waals surface area contributed by atoms with Crippen LogP contribution >= 0.6 is 0 Å². The zero-order valence-corrected chi connectivity index (χ0v) is 10.9. The highest BCUT2D eigenvalue weighted by Gasteiger charge is 2.15. The molecule has 1 nitrogen and oxygen atoms in total. The average molecular weight is 209 g/mol. The Morgan fingerprint density at radius 3 is 2.53 bits per heavy atom. The van der Waals surface area contributed by atoms with Crippen molar-refractivity contribution in [2.24, 2.45) is 5.41 Å². The van der Waals surface area contributed by atoms with Gasteiger partial charge in [0.25, 0.3) is 0 Å². The van der Waals surface area contributed by atoms with Crippen LogP contribution in [0, 0.1) is 17.3 Å². The van der Waals surface area contributed by atoms with Crippen molar-refractivity contribution in [2.75, 3.05) is 13.1 Å². The van der Waals surface area contributed by atoms with Crippen molar-refractivity contribution in [1.29, 1.82) is 0 Å². The molecule has 0 atom stereocenters. The lowest BCUT2D eigenvalue weighted by molar-refractivity contribution is 0.304. The van der Waals surface area contributed by atoms with E-state index in [9.17, 15) is 0 Å². The van der Waals surface area contributed by atoms with E-state index in [0.717, 1.165) is 19.5 Å². The van der Waals surface area contributed by atoms with Gasteiger partial charge in [0.2, 0.25) is 0 Å². The van der Waals surface area contributed by atoms with Crippen LogP contribution in [0.5, 0.6) is 0 Å². The predicted molar refractivity (Wildman–Crippen MR) is 68.9 cm³/mol. The Labute approximate surface area is 96.0 Å². The molecule has 1 N–H and O–H groups in total. The predicted octanol–water partition coefficient (Wildman–Crippen LogP) is 3.60. The third-order valence-corrected chi connectivity index (χ3v) is 2.66. The summed E-state index contributed by atoms with van der Waals surface area (Å²) in [5, 5.41) is 3.48. The lowest BCUT2D eigenvalue weighted by Gasteiger charge is -2.24. The van der Waals surface area contributed by atoms with E-state index >= 15 is 0 Å². The first-order chi connectivity index (χ1) is 7.12. The summed E-state index contributed by atoms with van der Waals surface area (Å²) in [5.41, 5.74) is 0.439. The molecule has 0 aromatic carbocycles. The van der Waals surface area contributed by atoms with Crippen LogP contribution < -0.4 is 5.32 Å². The number of nitrogens with one attached hydrogen (secondary N) is 1. The SMILES string of the molecule is CC#CCCNCC(C)(C)CCCCC. The van der Waals surface area contributed by atoms with Crippen LogP contribution in [0.25, 0.3) is 0 Å². The molecule has 0 saturated carbocycles. The molecule has 0 amide bonds. The fourth-order valence-corrected chi connectivity index (χ4v) is 1.64. The van der Waals surface area contributed by atoms with Crippen molar-refractivity contribution in [3.05, 3.63) is 0 Å². The Bertz CT molecular complexity index is 195. The minimum absolute atomic E-state index is 0.439. The number of unbranched alkanes of at least 4 members (excludes halogenated alkanes) is 2. The van der Waals surface area contributed by atoms with Gasteiger partial charge in [0, 0.05) is 19.5 Å². The summed E-state index contributed by atoms with van der Waals surface area (Å²) >= 11 is 0. The van der Waals surface area contributed by atoms with E-state index in [1.165, 1.54) is 25.7 Å². The van der Waals surface area contributed by atoms with Gasteiger partial charge < -0.3 is 5.32 Å². The van der Waals surface area contributed by atoms with Crippen molar-refractivity contribution >= 4 is 0 Å². The highest BCUT2D eigenvalue weighted by Crippen LogP contribution is 2.22. The van der Waals surface area contributed by atoms with Gasteiger partial charge in [0.15, 0.2) is 0 Å². The Morgan fingerprint density at radius 2 is 1.93 bits per heavy atom. The summed E-state index contributed by atoms with van der Waals surface area (Å²) in [7, 11) is 0. The molecular formula is C14H27N. The van der Waals surface area contributed by atoms with E-state index in [1.54, 1.807) is 0 Å². The van der Waals surface area contributed by atoms with E-state index < -0.39 is 0 Å². The van der Waals surface area contributed by atoms with Crippen molar-refractivity contribution in [3.8, 4) is 11.8 Å². The summed E-state index contributed by atoms with van der Waals surface area (Å²) in [4.78, 5) is 0. The molecular weight excluding hydrogens is 182 g/mol. The van der Waals surface area contributed by atoms with Gasteiger partial charge in [0.1, 0.15) is 0 Å². The minimum Gasteiger partial charge on any atom is -0.315 e. The maximum atomic E-state index is 3.48. The Balaban J connectivity index is 3.49. The van der Waals surface area contributed by atoms with E-state index in [-0.39, 0.29) is 0 Å². The largest absolute Gasteiger partial charge is 0.315 e.